The highest BCUT2D eigenvalue weighted by molar-refractivity contribution is 6.30. The van der Waals surface area contributed by atoms with Crippen LogP contribution in [0.1, 0.15) is 22.8 Å². The predicted molar refractivity (Wildman–Crippen MR) is 97.8 cm³/mol. The smallest absolute Gasteiger partial charge is 0.348 e. The van der Waals surface area contributed by atoms with Crippen LogP contribution in [0.25, 0.3) is 10.9 Å². The van der Waals surface area contributed by atoms with Crippen LogP contribution in [0, 0.1) is 0 Å². The van der Waals surface area contributed by atoms with E-state index in [-0.39, 0.29) is 5.78 Å². The molecule has 0 amide bonds. The lowest BCUT2D eigenvalue weighted by molar-refractivity contribution is -0.153. The molecule has 132 valence electrons. The molecule has 26 heavy (non-hydrogen) atoms. The van der Waals surface area contributed by atoms with Gasteiger partial charge in [-0.05, 0) is 36.8 Å². The van der Waals surface area contributed by atoms with E-state index in [1.54, 1.807) is 31.3 Å². The molecular weight excluding hydrogens is 354 g/mol. The third-order valence-corrected chi connectivity index (χ3v) is 4.71. The van der Waals surface area contributed by atoms with Crippen LogP contribution in [-0.2, 0) is 16.0 Å². The molecule has 0 spiro atoms. The number of halogens is 1. The van der Waals surface area contributed by atoms with Crippen LogP contribution in [0.5, 0.6) is 5.75 Å². The number of ketones is 1. The number of aromatic nitrogens is 1. The number of nitrogens with one attached hydrogen (secondary N) is 1. The van der Waals surface area contributed by atoms with Crippen molar-refractivity contribution in [1.82, 2.24) is 4.98 Å². The minimum absolute atomic E-state index is 0.255. The summed E-state index contributed by atoms with van der Waals surface area (Å²) in [6.45, 7) is 1.57. The van der Waals surface area contributed by atoms with Crippen molar-refractivity contribution in [2.24, 2.45) is 0 Å². The van der Waals surface area contributed by atoms with Gasteiger partial charge in [0.25, 0.3) is 0 Å². The molecule has 6 heteroatoms. The molecule has 0 bridgehead atoms. The third kappa shape index (κ3) is 2.95. The van der Waals surface area contributed by atoms with Gasteiger partial charge in [0.2, 0.25) is 5.78 Å². The summed E-state index contributed by atoms with van der Waals surface area (Å²) >= 11 is 5.96. The number of hydrogen-bond donors (Lipinski definition) is 1. The Hall–Kier alpha value is -2.79. The van der Waals surface area contributed by atoms with Gasteiger partial charge >= 0.3 is 5.97 Å². The Morgan fingerprint density at radius 1 is 1.27 bits per heavy atom. The van der Waals surface area contributed by atoms with Crippen molar-refractivity contribution in [3.05, 3.63) is 64.8 Å². The van der Waals surface area contributed by atoms with Crippen LogP contribution >= 0.6 is 11.6 Å². The van der Waals surface area contributed by atoms with Crippen LogP contribution in [0.4, 0.5) is 0 Å². The molecular formula is C20H16ClNO4. The summed E-state index contributed by atoms with van der Waals surface area (Å²) in [5, 5.41) is 1.39. The van der Waals surface area contributed by atoms with E-state index >= 15 is 0 Å². The summed E-state index contributed by atoms with van der Waals surface area (Å²) in [6, 6.07) is 12.7. The molecule has 2 heterocycles. The van der Waals surface area contributed by atoms with E-state index in [9.17, 15) is 9.59 Å². The minimum atomic E-state index is -0.905. The molecule has 1 aromatic heterocycles. The molecule has 0 saturated heterocycles. The Kier molecular flexibility index (Phi) is 4.17. The molecule has 1 N–H and O–H groups in total. The lowest BCUT2D eigenvalue weighted by Gasteiger charge is -2.15. The number of carbonyl (C=O) groups is 2. The lowest BCUT2D eigenvalue weighted by atomic mass is 10.1. The lowest BCUT2D eigenvalue weighted by Crippen LogP contribution is -2.33. The fourth-order valence-electron chi connectivity index (χ4n) is 3.15. The van der Waals surface area contributed by atoms with Crippen molar-refractivity contribution >= 4 is 34.3 Å². The zero-order valence-electron chi connectivity index (χ0n) is 14.0. The van der Waals surface area contributed by atoms with Gasteiger partial charge in [0.1, 0.15) is 5.75 Å². The summed E-state index contributed by atoms with van der Waals surface area (Å²) in [4.78, 5) is 28.1. The van der Waals surface area contributed by atoms with Crippen molar-refractivity contribution in [2.75, 3.05) is 0 Å². The first kappa shape index (κ1) is 16.7. The van der Waals surface area contributed by atoms with Crippen molar-refractivity contribution < 1.29 is 19.1 Å². The molecule has 2 atom stereocenters. The second-order valence-corrected chi connectivity index (χ2v) is 6.69. The molecule has 1 aliphatic rings. The molecule has 3 aromatic rings. The van der Waals surface area contributed by atoms with E-state index in [4.69, 9.17) is 21.1 Å². The Labute approximate surface area is 154 Å². The molecule has 0 radical (unpaired) electrons. The number of esters is 1. The van der Waals surface area contributed by atoms with E-state index < -0.39 is 18.2 Å². The molecule has 0 aliphatic carbocycles. The molecule has 2 aromatic carbocycles. The molecule has 0 saturated carbocycles. The number of carbonyl (C=O) groups excluding carboxylic acids is 2. The van der Waals surface area contributed by atoms with Gasteiger partial charge in [0, 0.05) is 34.1 Å². The van der Waals surface area contributed by atoms with Crippen LogP contribution in [0.15, 0.2) is 48.7 Å². The van der Waals surface area contributed by atoms with Gasteiger partial charge < -0.3 is 14.5 Å². The Balaban J connectivity index is 1.46. The summed E-state index contributed by atoms with van der Waals surface area (Å²) in [5.41, 5.74) is 2.22. The molecule has 2 unspecified atom stereocenters. The van der Waals surface area contributed by atoms with Crippen LogP contribution in [-0.4, -0.2) is 28.9 Å². The number of benzene rings is 2. The number of ether oxygens (including phenoxy) is 2. The van der Waals surface area contributed by atoms with Gasteiger partial charge in [-0.3, -0.25) is 4.79 Å². The standard InChI is InChI=1S/C20H16ClNO4/c1-11(19(23)15-10-22-16-5-3-2-4-14(15)16)25-20(24)18-9-12-8-13(21)6-7-17(12)26-18/h2-8,10-11,18,22H,9H2,1H3. The number of Topliss-reactive ketones (excluding diaryl/α,β-unsaturated/α-hetero) is 1. The zero-order valence-corrected chi connectivity index (χ0v) is 14.7. The third-order valence-electron chi connectivity index (χ3n) is 4.48. The van der Waals surface area contributed by atoms with E-state index in [0.29, 0.717) is 22.8 Å². The van der Waals surface area contributed by atoms with Crippen molar-refractivity contribution in [3.63, 3.8) is 0 Å². The Morgan fingerprint density at radius 3 is 2.92 bits per heavy atom. The van der Waals surface area contributed by atoms with Crippen molar-refractivity contribution in [2.45, 2.75) is 25.6 Å². The summed E-state index contributed by atoms with van der Waals surface area (Å²) in [5.74, 6) is -0.195. The van der Waals surface area contributed by atoms with Gasteiger partial charge in [-0.15, -0.1) is 0 Å². The molecule has 5 nitrogen and oxygen atoms in total. The van der Waals surface area contributed by atoms with Gasteiger partial charge in [-0.25, -0.2) is 4.79 Å². The predicted octanol–water partition coefficient (Wildman–Crippen LogP) is 3.94. The first-order valence-corrected chi connectivity index (χ1v) is 8.66. The first-order valence-electron chi connectivity index (χ1n) is 8.29. The molecule has 0 fully saturated rings. The second-order valence-electron chi connectivity index (χ2n) is 6.25. The quantitative estimate of drug-likeness (QED) is 0.558. The fourth-order valence-corrected chi connectivity index (χ4v) is 3.34. The second kappa shape index (κ2) is 6.50. The Bertz CT molecular complexity index is 1010. The largest absolute Gasteiger partial charge is 0.478 e. The first-order chi connectivity index (χ1) is 12.5. The highest BCUT2D eigenvalue weighted by Crippen LogP contribution is 2.31. The van der Waals surface area contributed by atoms with Crippen molar-refractivity contribution in [3.8, 4) is 5.75 Å². The number of fused-ring (bicyclic) bond motifs is 2. The normalized spacial score (nSPS) is 16.8. The maximum Gasteiger partial charge on any atom is 0.348 e. The molecule has 1 aliphatic heterocycles. The van der Waals surface area contributed by atoms with Crippen LogP contribution < -0.4 is 4.74 Å². The van der Waals surface area contributed by atoms with Gasteiger partial charge in [0.15, 0.2) is 12.2 Å². The van der Waals surface area contributed by atoms with Gasteiger partial charge in [-0.2, -0.15) is 0 Å². The number of para-hydroxylation sites is 1. The number of H-pyrrole nitrogens is 1. The maximum absolute atomic E-state index is 12.7. The summed E-state index contributed by atoms with van der Waals surface area (Å²) < 4.78 is 11.0. The van der Waals surface area contributed by atoms with Gasteiger partial charge in [-0.1, -0.05) is 29.8 Å². The van der Waals surface area contributed by atoms with Crippen LogP contribution in [0.3, 0.4) is 0 Å². The monoisotopic (exact) mass is 369 g/mol. The van der Waals surface area contributed by atoms with Crippen LogP contribution in [0.2, 0.25) is 5.02 Å². The minimum Gasteiger partial charge on any atom is -0.478 e. The Morgan fingerprint density at radius 2 is 2.08 bits per heavy atom. The van der Waals surface area contributed by atoms with Gasteiger partial charge in [0.05, 0.1) is 0 Å². The average Bonchev–Trinajstić information content (AvgIpc) is 3.24. The average molecular weight is 370 g/mol. The summed E-state index contributed by atoms with van der Waals surface area (Å²) in [7, 11) is 0. The maximum atomic E-state index is 12.7. The molecule has 4 rings (SSSR count). The van der Waals surface area contributed by atoms with Crippen molar-refractivity contribution in [1.29, 1.82) is 0 Å². The van der Waals surface area contributed by atoms with E-state index in [0.717, 1.165) is 16.5 Å². The zero-order chi connectivity index (χ0) is 18.3. The fraction of sp³-hybridized carbons (Fsp3) is 0.200. The number of hydrogen-bond acceptors (Lipinski definition) is 4. The van der Waals surface area contributed by atoms with E-state index in [1.807, 2.05) is 24.3 Å². The highest BCUT2D eigenvalue weighted by Gasteiger charge is 2.33. The SMILES string of the molecule is CC(OC(=O)C1Cc2cc(Cl)ccc2O1)C(=O)c1c[nH]c2ccccc12. The van der Waals surface area contributed by atoms with E-state index in [2.05, 4.69) is 4.98 Å². The summed E-state index contributed by atoms with van der Waals surface area (Å²) in [6.07, 6.45) is 0.351. The highest BCUT2D eigenvalue weighted by atomic mass is 35.5. The number of rotatable bonds is 4. The number of aromatic amines is 1. The van der Waals surface area contributed by atoms with E-state index in [1.165, 1.54) is 0 Å². The topological polar surface area (TPSA) is 68.4 Å².